The number of carbonyl (C=O) groups excluding carboxylic acids is 1. The molecule has 1 N–H and O–H groups in total. The molecule has 1 fully saturated rings. The normalized spacial score (nSPS) is 18.4. The summed E-state index contributed by atoms with van der Waals surface area (Å²) in [6, 6.07) is 1.85. The van der Waals surface area contributed by atoms with Crippen LogP contribution in [0.5, 0.6) is 0 Å². The second kappa shape index (κ2) is 4.05. The van der Waals surface area contributed by atoms with Crippen molar-refractivity contribution in [2.75, 3.05) is 7.05 Å². The van der Waals surface area contributed by atoms with Crippen LogP contribution in [0.25, 0.3) is 6.08 Å². The maximum Gasteiger partial charge on any atom is 0.276 e. The molecule has 1 aromatic rings. The average Bonchev–Trinajstić information content (AvgIpc) is 2.81. The van der Waals surface area contributed by atoms with Crippen molar-refractivity contribution in [2.45, 2.75) is 13.5 Å². The second-order valence-electron chi connectivity index (χ2n) is 3.45. The number of carbonyl (C=O) groups is 1. The van der Waals surface area contributed by atoms with Crippen LogP contribution in [0, 0.1) is 0 Å². The third kappa shape index (κ3) is 1.83. The number of amides is 1. The van der Waals surface area contributed by atoms with E-state index in [2.05, 4.69) is 10.4 Å². The molecular formula is C10H12N4OS. The van der Waals surface area contributed by atoms with Gasteiger partial charge in [-0.25, -0.2) is 0 Å². The minimum Gasteiger partial charge on any atom is -0.328 e. The smallest absolute Gasteiger partial charge is 0.276 e. The van der Waals surface area contributed by atoms with Crippen molar-refractivity contribution >= 4 is 29.3 Å². The van der Waals surface area contributed by atoms with E-state index < -0.39 is 0 Å². The van der Waals surface area contributed by atoms with E-state index in [1.807, 2.05) is 19.2 Å². The lowest BCUT2D eigenvalue weighted by Gasteiger charge is -2.02. The van der Waals surface area contributed by atoms with E-state index in [0.29, 0.717) is 10.8 Å². The summed E-state index contributed by atoms with van der Waals surface area (Å²) < 4.78 is 1.80. The molecule has 0 unspecified atom stereocenters. The third-order valence-corrected chi connectivity index (χ3v) is 2.73. The van der Waals surface area contributed by atoms with Gasteiger partial charge in [-0.05, 0) is 31.3 Å². The van der Waals surface area contributed by atoms with Crippen LogP contribution in [-0.2, 0) is 11.3 Å². The molecule has 1 aromatic heterocycles. The predicted octanol–water partition coefficient (Wildman–Crippen LogP) is 0.590. The number of aryl methyl sites for hydroxylation is 1. The minimum absolute atomic E-state index is 0.129. The van der Waals surface area contributed by atoms with Gasteiger partial charge in [0.2, 0.25) is 0 Å². The van der Waals surface area contributed by atoms with Gasteiger partial charge in [0.1, 0.15) is 5.70 Å². The first kappa shape index (κ1) is 10.8. The number of rotatable bonds is 2. The van der Waals surface area contributed by atoms with Crippen LogP contribution in [-0.4, -0.2) is 32.7 Å². The van der Waals surface area contributed by atoms with E-state index in [-0.39, 0.29) is 5.91 Å². The summed E-state index contributed by atoms with van der Waals surface area (Å²) in [5, 5.41) is 7.53. The molecule has 0 saturated carbocycles. The molecule has 5 nitrogen and oxygen atoms in total. The molecule has 16 heavy (non-hydrogen) atoms. The summed E-state index contributed by atoms with van der Waals surface area (Å²) in [6.07, 6.45) is 3.57. The molecule has 0 aliphatic carbocycles. The summed E-state index contributed by atoms with van der Waals surface area (Å²) in [4.78, 5) is 13.1. The highest BCUT2D eigenvalue weighted by molar-refractivity contribution is 7.80. The van der Waals surface area contributed by atoms with Crippen molar-refractivity contribution in [3.05, 3.63) is 23.7 Å². The van der Waals surface area contributed by atoms with E-state index in [4.69, 9.17) is 12.2 Å². The van der Waals surface area contributed by atoms with Gasteiger partial charge >= 0.3 is 0 Å². The van der Waals surface area contributed by atoms with Gasteiger partial charge in [-0.15, -0.1) is 0 Å². The van der Waals surface area contributed by atoms with Gasteiger partial charge < -0.3 is 5.32 Å². The fourth-order valence-corrected chi connectivity index (χ4v) is 1.59. The SMILES string of the molecule is CCn1ccc(/C=C2/NC(=S)N(C)C2=O)n1. The first-order valence-corrected chi connectivity index (χ1v) is 5.37. The Hall–Kier alpha value is -1.69. The van der Waals surface area contributed by atoms with Crippen LogP contribution in [0.4, 0.5) is 0 Å². The lowest BCUT2D eigenvalue weighted by atomic mass is 10.3. The monoisotopic (exact) mass is 236 g/mol. The van der Waals surface area contributed by atoms with Gasteiger partial charge in [0.15, 0.2) is 5.11 Å². The fraction of sp³-hybridized carbons (Fsp3) is 0.300. The van der Waals surface area contributed by atoms with Crippen LogP contribution in [0.1, 0.15) is 12.6 Å². The molecular weight excluding hydrogens is 224 g/mol. The number of nitrogens with zero attached hydrogens (tertiary/aromatic N) is 3. The van der Waals surface area contributed by atoms with Gasteiger partial charge in [-0.2, -0.15) is 5.10 Å². The molecule has 0 atom stereocenters. The van der Waals surface area contributed by atoms with E-state index in [1.54, 1.807) is 17.8 Å². The van der Waals surface area contributed by atoms with Crippen molar-refractivity contribution in [3.8, 4) is 0 Å². The zero-order valence-electron chi connectivity index (χ0n) is 9.10. The van der Waals surface area contributed by atoms with Gasteiger partial charge in [-0.1, -0.05) is 0 Å². The molecule has 0 spiro atoms. The van der Waals surface area contributed by atoms with Crippen molar-refractivity contribution in [3.63, 3.8) is 0 Å². The number of hydrogen-bond donors (Lipinski definition) is 1. The van der Waals surface area contributed by atoms with E-state index >= 15 is 0 Å². The molecule has 0 aromatic carbocycles. The number of likely N-dealkylation sites (N-methyl/N-ethyl adjacent to an activating group) is 1. The lowest BCUT2D eigenvalue weighted by Crippen LogP contribution is -2.25. The lowest BCUT2D eigenvalue weighted by molar-refractivity contribution is -0.121. The van der Waals surface area contributed by atoms with Crippen LogP contribution in [0.2, 0.25) is 0 Å². The fourth-order valence-electron chi connectivity index (χ4n) is 1.40. The number of nitrogens with one attached hydrogen (secondary N) is 1. The average molecular weight is 236 g/mol. The Morgan fingerprint density at radius 1 is 1.62 bits per heavy atom. The Morgan fingerprint density at radius 2 is 2.38 bits per heavy atom. The quantitative estimate of drug-likeness (QED) is 0.603. The Balaban J connectivity index is 2.25. The molecule has 1 saturated heterocycles. The Bertz CT molecular complexity index is 477. The predicted molar refractivity (Wildman–Crippen MR) is 64.4 cm³/mol. The summed E-state index contributed by atoms with van der Waals surface area (Å²) in [6.45, 7) is 2.81. The van der Waals surface area contributed by atoms with Crippen LogP contribution in [0.3, 0.4) is 0 Å². The molecule has 6 heteroatoms. The number of hydrogen-bond acceptors (Lipinski definition) is 3. The number of aromatic nitrogens is 2. The van der Waals surface area contributed by atoms with Crippen LogP contribution < -0.4 is 5.32 Å². The molecule has 0 radical (unpaired) electrons. The summed E-state index contributed by atoms with van der Waals surface area (Å²) in [5.74, 6) is -0.129. The van der Waals surface area contributed by atoms with Crippen molar-refractivity contribution in [1.29, 1.82) is 0 Å². The highest BCUT2D eigenvalue weighted by Crippen LogP contribution is 2.11. The first-order chi connectivity index (χ1) is 7.61. The van der Waals surface area contributed by atoms with Gasteiger partial charge in [-0.3, -0.25) is 14.4 Å². The summed E-state index contributed by atoms with van der Waals surface area (Å²) >= 11 is 4.97. The topological polar surface area (TPSA) is 50.2 Å². The van der Waals surface area contributed by atoms with Crippen molar-refractivity contribution in [2.24, 2.45) is 0 Å². The highest BCUT2D eigenvalue weighted by atomic mass is 32.1. The van der Waals surface area contributed by atoms with E-state index in [1.165, 1.54) is 4.90 Å². The van der Waals surface area contributed by atoms with Crippen molar-refractivity contribution in [1.82, 2.24) is 20.0 Å². The van der Waals surface area contributed by atoms with Gasteiger partial charge in [0.25, 0.3) is 5.91 Å². The molecule has 1 aliphatic heterocycles. The molecule has 1 aliphatic rings. The zero-order valence-corrected chi connectivity index (χ0v) is 9.91. The zero-order chi connectivity index (χ0) is 11.7. The third-order valence-electron chi connectivity index (χ3n) is 2.36. The van der Waals surface area contributed by atoms with E-state index in [9.17, 15) is 4.79 Å². The summed E-state index contributed by atoms with van der Waals surface area (Å²) in [7, 11) is 1.64. The molecule has 2 heterocycles. The molecule has 1 amide bonds. The molecule has 0 bridgehead atoms. The Kier molecular flexibility index (Phi) is 2.74. The number of thiocarbonyl (C=S) groups is 1. The Morgan fingerprint density at radius 3 is 2.88 bits per heavy atom. The maximum atomic E-state index is 11.7. The first-order valence-electron chi connectivity index (χ1n) is 4.96. The maximum absolute atomic E-state index is 11.7. The van der Waals surface area contributed by atoms with Crippen LogP contribution >= 0.6 is 12.2 Å². The largest absolute Gasteiger partial charge is 0.328 e. The van der Waals surface area contributed by atoms with Gasteiger partial charge in [0.05, 0.1) is 5.69 Å². The highest BCUT2D eigenvalue weighted by Gasteiger charge is 2.27. The van der Waals surface area contributed by atoms with Gasteiger partial charge in [0, 0.05) is 19.8 Å². The van der Waals surface area contributed by atoms with Crippen LogP contribution in [0.15, 0.2) is 18.0 Å². The molecule has 84 valence electrons. The standard InChI is InChI=1S/C10H12N4OS/c1-3-14-5-4-7(12-14)6-8-9(15)13(2)10(16)11-8/h4-6H,3H2,1-2H3,(H,11,16)/b8-6+. The van der Waals surface area contributed by atoms with E-state index in [0.717, 1.165) is 12.2 Å². The summed E-state index contributed by atoms with van der Waals surface area (Å²) in [5.41, 5.74) is 1.21. The Labute approximate surface area is 98.7 Å². The second-order valence-corrected chi connectivity index (χ2v) is 3.84. The molecule has 2 rings (SSSR count). The minimum atomic E-state index is -0.129. The van der Waals surface area contributed by atoms with Crippen molar-refractivity contribution < 1.29 is 4.79 Å².